The first-order chi connectivity index (χ1) is 8.86. The molecule has 1 fully saturated rings. The molecule has 104 valence electrons. The van der Waals surface area contributed by atoms with E-state index in [1.807, 2.05) is 0 Å². The third kappa shape index (κ3) is 3.42. The zero-order chi connectivity index (χ0) is 14.0. The van der Waals surface area contributed by atoms with Crippen molar-refractivity contribution in [2.45, 2.75) is 17.7 Å². The monoisotopic (exact) mass is 287 g/mol. The van der Waals surface area contributed by atoms with Gasteiger partial charge in [0.05, 0.1) is 4.90 Å². The van der Waals surface area contributed by atoms with Crippen molar-refractivity contribution >= 4 is 21.7 Å². The van der Waals surface area contributed by atoms with Gasteiger partial charge in [-0.15, -0.1) is 0 Å². The van der Waals surface area contributed by atoms with Crippen molar-refractivity contribution in [1.29, 1.82) is 0 Å². The van der Waals surface area contributed by atoms with Crippen LogP contribution >= 0.6 is 0 Å². The number of anilines is 1. The molecule has 0 radical (unpaired) electrons. The molecule has 1 heterocycles. The number of amides is 2. The number of nitrogens with one attached hydrogen (secondary N) is 1. The van der Waals surface area contributed by atoms with Crippen LogP contribution in [0.2, 0.25) is 0 Å². The average Bonchev–Trinajstić information content (AvgIpc) is 2.80. The lowest BCUT2D eigenvalue weighted by Crippen LogP contribution is -2.32. The van der Waals surface area contributed by atoms with Crippen LogP contribution in [0.25, 0.3) is 0 Å². The lowest BCUT2D eigenvalue weighted by Gasteiger charge is -2.16. The van der Waals surface area contributed by atoms with E-state index in [2.05, 4.69) is 5.32 Å². The predicted octanol–water partition coefficient (Wildman–Crippen LogP) is 1.10. The number of nitrogens with two attached hydrogens (primary N) is 1. The van der Waals surface area contributed by atoms with Gasteiger partial charge in [-0.2, -0.15) is 0 Å². The first kappa shape index (κ1) is 13.8. The maximum atomic E-state index is 13.3. The van der Waals surface area contributed by atoms with Crippen molar-refractivity contribution in [3.05, 3.63) is 24.0 Å². The highest BCUT2D eigenvalue weighted by atomic mass is 32.2. The summed E-state index contributed by atoms with van der Waals surface area (Å²) in [6.07, 6.45) is 1.86. The number of urea groups is 1. The van der Waals surface area contributed by atoms with Gasteiger partial charge in [0.1, 0.15) is 5.82 Å². The lowest BCUT2D eigenvalue weighted by atomic mass is 10.3. The van der Waals surface area contributed by atoms with E-state index < -0.39 is 15.8 Å². The smallest absolute Gasteiger partial charge is 0.321 e. The van der Waals surface area contributed by atoms with Crippen LogP contribution in [0.5, 0.6) is 0 Å². The SMILES string of the molecule is NS(=O)(=O)c1cc(F)cc(NC(=O)N2CCCC2)c1. The van der Waals surface area contributed by atoms with Crippen LogP contribution in [0, 0.1) is 5.82 Å². The Morgan fingerprint density at radius 3 is 2.47 bits per heavy atom. The number of carbonyl (C=O) groups excluding carboxylic acids is 1. The zero-order valence-electron chi connectivity index (χ0n) is 10.1. The van der Waals surface area contributed by atoms with E-state index in [0.717, 1.165) is 31.0 Å². The van der Waals surface area contributed by atoms with Crippen molar-refractivity contribution in [3.8, 4) is 0 Å². The highest BCUT2D eigenvalue weighted by Gasteiger charge is 2.19. The lowest BCUT2D eigenvalue weighted by molar-refractivity contribution is 0.222. The van der Waals surface area contributed by atoms with Gasteiger partial charge < -0.3 is 10.2 Å². The molecular weight excluding hydrogens is 273 g/mol. The molecule has 3 N–H and O–H groups in total. The maximum absolute atomic E-state index is 13.3. The van der Waals surface area contributed by atoms with Gasteiger partial charge in [0, 0.05) is 18.8 Å². The van der Waals surface area contributed by atoms with E-state index in [4.69, 9.17) is 5.14 Å². The maximum Gasteiger partial charge on any atom is 0.321 e. The topological polar surface area (TPSA) is 92.5 Å². The van der Waals surface area contributed by atoms with Crippen molar-refractivity contribution in [2.75, 3.05) is 18.4 Å². The Morgan fingerprint density at radius 1 is 1.26 bits per heavy atom. The van der Waals surface area contributed by atoms with Crippen LogP contribution in [0.1, 0.15) is 12.8 Å². The molecule has 0 unspecified atom stereocenters. The second-order valence-electron chi connectivity index (χ2n) is 4.34. The summed E-state index contributed by atoms with van der Waals surface area (Å²) in [6, 6.07) is 2.61. The van der Waals surface area contributed by atoms with Crippen LogP contribution < -0.4 is 10.5 Å². The average molecular weight is 287 g/mol. The molecule has 1 aliphatic heterocycles. The molecule has 0 atom stereocenters. The van der Waals surface area contributed by atoms with Gasteiger partial charge in [-0.1, -0.05) is 0 Å². The minimum atomic E-state index is -4.01. The molecule has 0 bridgehead atoms. The summed E-state index contributed by atoms with van der Waals surface area (Å²) >= 11 is 0. The minimum absolute atomic E-state index is 0.0703. The van der Waals surface area contributed by atoms with Crippen molar-refractivity contribution in [3.63, 3.8) is 0 Å². The largest absolute Gasteiger partial charge is 0.325 e. The molecule has 0 aromatic heterocycles. The summed E-state index contributed by atoms with van der Waals surface area (Å²) < 4.78 is 35.6. The van der Waals surface area contributed by atoms with Crippen molar-refractivity contribution in [1.82, 2.24) is 4.90 Å². The summed E-state index contributed by atoms with van der Waals surface area (Å²) in [6.45, 7) is 1.28. The summed E-state index contributed by atoms with van der Waals surface area (Å²) in [5.74, 6) is -0.775. The molecule has 2 amide bonds. The normalized spacial score (nSPS) is 15.6. The van der Waals surface area contributed by atoms with Crippen LogP contribution in [0.4, 0.5) is 14.9 Å². The molecule has 19 heavy (non-hydrogen) atoms. The summed E-state index contributed by atoms with van der Waals surface area (Å²) in [7, 11) is -4.01. The molecule has 6 nitrogen and oxygen atoms in total. The molecule has 2 rings (SSSR count). The van der Waals surface area contributed by atoms with E-state index in [9.17, 15) is 17.6 Å². The molecule has 1 saturated heterocycles. The summed E-state index contributed by atoms with van der Waals surface area (Å²) in [5.41, 5.74) is 0.0703. The third-order valence-corrected chi connectivity index (χ3v) is 3.74. The first-order valence-corrected chi connectivity index (χ1v) is 7.30. The fourth-order valence-electron chi connectivity index (χ4n) is 1.92. The van der Waals surface area contributed by atoms with Gasteiger partial charge in [-0.3, -0.25) is 0 Å². The third-order valence-electron chi connectivity index (χ3n) is 2.84. The fraction of sp³-hybridized carbons (Fsp3) is 0.364. The van der Waals surface area contributed by atoms with Crippen LogP contribution in [0.3, 0.4) is 0 Å². The summed E-state index contributed by atoms with van der Waals surface area (Å²) in [5, 5.41) is 7.39. The van der Waals surface area contributed by atoms with Gasteiger partial charge in [-0.25, -0.2) is 22.7 Å². The Morgan fingerprint density at radius 2 is 1.89 bits per heavy atom. The minimum Gasteiger partial charge on any atom is -0.325 e. The summed E-state index contributed by atoms with van der Waals surface area (Å²) in [4.78, 5) is 13.0. The quantitative estimate of drug-likeness (QED) is 0.853. The number of rotatable bonds is 2. The Bertz CT molecular complexity index is 597. The van der Waals surface area contributed by atoms with Crippen LogP contribution in [0.15, 0.2) is 23.1 Å². The molecular formula is C11H14FN3O3S. The first-order valence-electron chi connectivity index (χ1n) is 5.75. The Balaban J connectivity index is 2.20. The van der Waals surface area contributed by atoms with E-state index >= 15 is 0 Å². The number of halogens is 1. The Labute approximate surface area is 110 Å². The van der Waals surface area contributed by atoms with E-state index in [-0.39, 0.29) is 16.6 Å². The number of hydrogen-bond donors (Lipinski definition) is 2. The van der Waals surface area contributed by atoms with E-state index in [1.165, 1.54) is 0 Å². The molecule has 1 aliphatic rings. The van der Waals surface area contributed by atoms with Crippen LogP contribution in [-0.4, -0.2) is 32.4 Å². The van der Waals surface area contributed by atoms with Crippen molar-refractivity contribution < 1.29 is 17.6 Å². The van der Waals surface area contributed by atoms with Crippen LogP contribution in [-0.2, 0) is 10.0 Å². The number of primary sulfonamides is 1. The zero-order valence-corrected chi connectivity index (χ0v) is 10.9. The van der Waals surface area contributed by atoms with Crippen molar-refractivity contribution in [2.24, 2.45) is 5.14 Å². The second kappa shape index (κ2) is 5.14. The number of hydrogen-bond acceptors (Lipinski definition) is 3. The van der Waals surface area contributed by atoms with Gasteiger partial charge in [-0.05, 0) is 31.0 Å². The Kier molecular flexibility index (Phi) is 3.72. The molecule has 8 heteroatoms. The van der Waals surface area contributed by atoms with Gasteiger partial charge in [0.15, 0.2) is 0 Å². The molecule has 1 aromatic rings. The van der Waals surface area contributed by atoms with Gasteiger partial charge in [0.2, 0.25) is 10.0 Å². The van der Waals surface area contributed by atoms with Gasteiger partial charge in [0.25, 0.3) is 0 Å². The number of benzene rings is 1. The molecule has 1 aromatic carbocycles. The highest BCUT2D eigenvalue weighted by molar-refractivity contribution is 7.89. The number of nitrogens with zero attached hydrogens (tertiary/aromatic N) is 1. The highest BCUT2D eigenvalue weighted by Crippen LogP contribution is 2.18. The fourth-order valence-corrected chi connectivity index (χ4v) is 2.49. The molecule has 0 spiro atoms. The standard InChI is InChI=1S/C11H14FN3O3S/c12-8-5-9(7-10(6-8)19(13,17)18)14-11(16)15-3-1-2-4-15/h5-7H,1-4H2,(H,14,16)(H2,13,17,18). The van der Waals surface area contributed by atoms with E-state index in [1.54, 1.807) is 4.90 Å². The molecule has 0 saturated carbocycles. The predicted molar refractivity (Wildman–Crippen MR) is 67.6 cm³/mol. The second-order valence-corrected chi connectivity index (χ2v) is 5.91. The number of sulfonamides is 1. The number of likely N-dealkylation sites (tertiary alicyclic amines) is 1. The number of carbonyl (C=O) groups is 1. The molecule has 0 aliphatic carbocycles. The van der Waals surface area contributed by atoms with Gasteiger partial charge >= 0.3 is 6.03 Å². The van der Waals surface area contributed by atoms with E-state index in [0.29, 0.717) is 13.1 Å². The Hall–Kier alpha value is -1.67.